The van der Waals surface area contributed by atoms with Crippen molar-refractivity contribution in [3.63, 3.8) is 0 Å². The zero-order chi connectivity index (χ0) is 25.8. The lowest BCUT2D eigenvalue weighted by molar-refractivity contribution is -0.0546. The lowest BCUT2D eigenvalue weighted by Gasteiger charge is -2.42. The molecule has 7 heteroatoms. The quantitative estimate of drug-likeness (QED) is 0.217. The van der Waals surface area contributed by atoms with Gasteiger partial charge >= 0.3 is 6.61 Å². The molecule has 0 aliphatic heterocycles. The van der Waals surface area contributed by atoms with Crippen LogP contribution in [-0.2, 0) is 0 Å². The largest absolute Gasteiger partial charge is 0.429 e. The first kappa shape index (κ1) is 26.2. The van der Waals surface area contributed by atoms with Crippen LogP contribution in [0.25, 0.3) is 0 Å². The minimum atomic E-state index is -3.40. The lowest BCUT2D eigenvalue weighted by Crippen LogP contribution is -2.30. The number of fused-ring (bicyclic) bond motifs is 1. The van der Waals surface area contributed by atoms with Crippen LogP contribution in [0.4, 0.5) is 26.3 Å². The molecule has 2 fully saturated rings. The average Bonchev–Trinajstić information content (AvgIpc) is 2.83. The first-order valence-corrected chi connectivity index (χ1v) is 12.3. The summed E-state index contributed by atoms with van der Waals surface area (Å²) in [6, 6.07) is 3.94. The van der Waals surface area contributed by atoms with Gasteiger partial charge in [-0.2, -0.15) is 8.78 Å². The van der Waals surface area contributed by atoms with Gasteiger partial charge in [0.25, 0.3) is 0 Å². The van der Waals surface area contributed by atoms with Gasteiger partial charge in [0.05, 0.1) is 5.56 Å². The summed E-state index contributed by atoms with van der Waals surface area (Å²) in [5.74, 6) is 0.935. The van der Waals surface area contributed by atoms with E-state index >= 15 is 0 Å². The van der Waals surface area contributed by atoms with E-state index in [-0.39, 0.29) is 11.5 Å². The van der Waals surface area contributed by atoms with Crippen molar-refractivity contribution in [1.29, 1.82) is 0 Å². The Bertz CT molecular complexity index is 1120. The van der Waals surface area contributed by atoms with Gasteiger partial charge in [-0.25, -0.2) is 17.6 Å². The molecule has 4 rings (SSSR count). The molecular formula is C29H28F6O. The molecule has 2 aliphatic rings. The highest BCUT2D eigenvalue weighted by molar-refractivity contribution is 5.47. The normalized spacial score (nSPS) is 23.5. The summed E-state index contributed by atoms with van der Waals surface area (Å²) < 4.78 is 85.8. The predicted octanol–water partition coefficient (Wildman–Crippen LogP) is 8.51. The molecular weight excluding hydrogens is 478 g/mol. The Labute approximate surface area is 207 Å². The van der Waals surface area contributed by atoms with E-state index in [1.54, 1.807) is 0 Å². The monoisotopic (exact) mass is 506 g/mol. The molecule has 0 bridgehead atoms. The number of rotatable bonds is 6. The Hall–Kier alpha value is -2.88. The topological polar surface area (TPSA) is 9.23 Å². The molecule has 0 N–H and O–H groups in total. The first-order valence-electron chi connectivity index (χ1n) is 12.3. The molecule has 4 unspecified atom stereocenters. The third-order valence-corrected chi connectivity index (χ3v) is 7.57. The number of halogens is 6. The fraction of sp³-hybridized carbons (Fsp3) is 0.448. The third kappa shape index (κ3) is 6.08. The molecule has 0 aromatic heterocycles. The van der Waals surface area contributed by atoms with E-state index in [9.17, 15) is 26.3 Å². The van der Waals surface area contributed by atoms with E-state index in [1.165, 1.54) is 31.4 Å². The highest BCUT2D eigenvalue weighted by atomic mass is 19.3. The SMILES string of the molecule is C=CCCC1CCC2CC(c3cc(F)c(C#Cc4cc(F)c(OC(F)F)c(F)c4)c(F)c3)CCC2C1. The van der Waals surface area contributed by atoms with Gasteiger partial charge in [0.2, 0.25) is 0 Å². The lowest BCUT2D eigenvalue weighted by atomic mass is 9.63. The Kier molecular flexibility index (Phi) is 8.33. The zero-order valence-electron chi connectivity index (χ0n) is 19.8. The van der Waals surface area contributed by atoms with Crippen molar-refractivity contribution in [2.45, 2.75) is 63.9 Å². The van der Waals surface area contributed by atoms with Gasteiger partial charge in [0.15, 0.2) is 17.4 Å². The van der Waals surface area contributed by atoms with Crippen LogP contribution in [0.2, 0.25) is 0 Å². The molecule has 0 amide bonds. The van der Waals surface area contributed by atoms with Crippen molar-refractivity contribution in [2.24, 2.45) is 17.8 Å². The maximum Gasteiger partial charge on any atom is 0.387 e. The Balaban J connectivity index is 1.46. The molecule has 0 spiro atoms. The van der Waals surface area contributed by atoms with Gasteiger partial charge in [0, 0.05) is 5.56 Å². The second-order valence-electron chi connectivity index (χ2n) is 9.83. The summed E-state index contributed by atoms with van der Waals surface area (Å²) in [5.41, 5.74) is -0.172. The van der Waals surface area contributed by atoms with Crippen molar-refractivity contribution < 1.29 is 31.1 Å². The van der Waals surface area contributed by atoms with Crippen LogP contribution in [-0.4, -0.2) is 6.61 Å². The summed E-state index contributed by atoms with van der Waals surface area (Å²) in [6.07, 6.45) is 10.6. The summed E-state index contributed by atoms with van der Waals surface area (Å²) in [6.45, 7) is 0.406. The number of ether oxygens (including phenoxy) is 1. The Morgan fingerprint density at radius 3 is 2.14 bits per heavy atom. The summed E-state index contributed by atoms with van der Waals surface area (Å²) in [7, 11) is 0. The average molecular weight is 507 g/mol. The van der Waals surface area contributed by atoms with Crippen molar-refractivity contribution in [2.75, 3.05) is 0 Å². The maximum atomic E-state index is 14.8. The third-order valence-electron chi connectivity index (χ3n) is 7.57. The summed E-state index contributed by atoms with van der Waals surface area (Å²) in [5, 5.41) is 0. The van der Waals surface area contributed by atoms with Gasteiger partial charge in [0.1, 0.15) is 11.6 Å². The molecule has 2 aliphatic carbocycles. The molecule has 0 heterocycles. The van der Waals surface area contributed by atoms with E-state index in [1.807, 2.05) is 6.08 Å². The van der Waals surface area contributed by atoms with Crippen molar-refractivity contribution in [1.82, 2.24) is 0 Å². The molecule has 2 saturated carbocycles. The standard InChI is InChI=1S/C29H28F6O/c1-2-3-4-17-5-7-20-14-21(9-8-19(20)11-17)22-15-24(30)23(25(31)16-22)10-6-18-12-26(32)28(27(33)13-18)36-29(34)35/h2,12-13,15-17,19-21,29H,1,3-5,7-9,11,14H2. The minimum absolute atomic E-state index is 0.0764. The maximum absolute atomic E-state index is 14.8. The van der Waals surface area contributed by atoms with E-state index in [2.05, 4.69) is 23.2 Å². The van der Waals surface area contributed by atoms with Crippen molar-refractivity contribution in [3.05, 3.63) is 76.9 Å². The van der Waals surface area contributed by atoms with E-state index in [0.29, 0.717) is 29.5 Å². The van der Waals surface area contributed by atoms with Crippen LogP contribution < -0.4 is 4.74 Å². The second kappa shape index (κ2) is 11.5. The van der Waals surface area contributed by atoms with Crippen LogP contribution in [0.1, 0.15) is 74.0 Å². The van der Waals surface area contributed by atoms with Crippen molar-refractivity contribution in [3.8, 4) is 17.6 Å². The molecule has 4 atom stereocenters. The summed E-state index contributed by atoms with van der Waals surface area (Å²) in [4.78, 5) is 0. The minimum Gasteiger partial charge on any atom is -0.429 e. The van der Waals surface area contributed by atoms with E-state index < -0.39 is 41.2 Å². The Morgan fingerprint density at radius 2 is 1.50 bits per heavy atom. The fourth-order valence-electron chi connectivity index (χ4n) is 5.82. The summed E-state index contributed by atoms with van der Waals surface area (Å²) >= 11 is 0. The first-order chi connectivity index (χ1) is 17.2. The predicted molar refractivity (Wildman–Crippen MR) is 126 cm³/mol. The highest BCUT2D eigenvalue weighted by Crippen LogP contribution is 2.48. The number of allylic oxidation sites excluding steroid dienone is 1. The molecule has 2 aromatic carbocycles. The molecule has 0 saturated heterocycles. The van der Waals surface area contributed by atoms with Gasteiger partial charge in [-0.05, 0) is 98.4 Å². The number of benzene rings is 2. The van der Waals surface area contributed by atoms with Crippen LogP contribution in [0, 0.1) is 52.9 Å². The fourth-order valence-corrected chi connectivity index (χ4v) is 5.82. The van der Waals surface area contributed by atoms with Crippen LogP contribution in [0.5, 0.6) is 5.75 Å². The molecule has 192 valence electrons. The van der Waals surface area contributed by atoms with Crippen molar-refractivity contribution >= 4 is 0 Å². The highest BCUT2D eigenvalue weighted by Gasteiger charge is 2.36. The van der Waals surface area contributed by atoms with E-state index in [4.69, 9.17) is 0 Å². The molecule has 1 nitrogen and oxygen atoms in total. The van der Waals surface area contributed by atoms with E-state index in [0.717, 1.165) is 38.0 Å². The Morgan fingerprint density at radius 1 is 0.861 bits per heavy atom. The van der Waals surface area contributed by atoms with Gasteiger partial charge < -0.3 is 4.74 Å². The second-order valence-corrected chi connectivity index (χ2v) is 9.83. The van der Waals surface area contributed by atoms with Gasteiger partial charge in [-0.15, -0.1) is 6.58 Å². The smallest absolute Gasteiger partial charge is 0.387 e. The van der Waals surface area contributed by atoms with Gasteiger partial charge in [-0.1, -0.05) is 24.3 Å². The molecule has 36 heavy (non-hydrogen) atoms. The number of hydrogen-bond acceptors (Lipinski definition) is 1. The molecule has 2 aromatic rings. The van der Waals surface area contributed by atoms with Gasteiger partial charge in [-0.3, -0.25) is 0 Å². The van der Waals surface area contributed by atoms with Crippen LogP contribution in [0.15, 0.2) is 36.9 Å². The number of hydrogen-bond donors (Lipinski definition) is 0. The van der Waals surface area contributed by atoms with Crippen LogP contribution in [0.3, 0.4) is 0 Å². The zero-order valence-corrected chi connectivity index (χ0v) is 19.8. The number of alkyl halides is 2. The van der Waals surface area contributed by atoms with Crippen LogP contribution >= 0.6 is 0 Å². The molecule has 0 radical (unpaired) electrons.